The summed E-state index contributed by atoms with van der Waals surface area (Å²) >= 11 is 6.41. The number of aromatic nitrogens is 2. The molecule has 2 N–H and O–H groups in total. The van der Waals surface area contributed by atoms with Crippen molar-refractivity contribution in [2.24, 2.45) is 5.92 Å². The Hall–Kier alpha value is -2.17. The number of nitrogens with two attached hydrogens (primary N) is 1. The quantitative estimate of drug-likeness (QED) is 0.719. The molecule has 0 amide bonds. The summed E-state index contributed by atoms with van der Waals surface area (Å²) in [6, 6.07) is 14.9. The lowest BCUT2D eigenvalue weighted by molar-refractivity contribution is -0.694. The van der Waals surface area contributed by atoms with Crippen LogP contribution in [0.15, 0.2) is 53.3 Å². The summed E-state index contributed by atoms with van der Waals surface area (Å²) in [6.07, 6.45) is 1.12. The molecule has 1 atom stereocenters. The van der Waals surface area contributed by atoms with Crippen LogP contribution in [-0.2, 0) is 0 Å². The van der Waals surface area contributed by atoms with E-state index in [1.165, 1.54) is 0 Å². The summed E-state index contributed by atoms with van der Waals surface area (Å²) in [5.74, 6) is 1.37. The van der Waals surface area contributed by atoms with Crippen LogP contribution in [0.5, 0.6) is 0 Å². The van der Waals surface area contributed by atoms with Crippen LogP contribution in [0.25, 0.3) is 16.6 Å². The van der Waals surface area contributed by atoms with Gasteiger partial charge in [0, 0.05) is 0 Å². The Labute approximate surface area is 158 Å². The van der Waals surface area contributed by atoms with E-state index in [1.54, 1.807) is 10.6 Å². The molecule has 3 aromatic rings. The molecule has 26 heavy (non-hydrogen) atoms. The van der Waals surface area contributed by atoms with Crippen LogP contribution in [0.1, 0.15) is 39.1 Å². The van der Waals surface area contributed by atoms with Crippen molar-refractivity contribution in [1.82, 2.24) is 9.55 Å². The summed E-state index contributed by atoms with van der Waals surface area (Å²) in [5.41, 5.74) is 1.32. The van der Waals surface area contributed by atoms with Crippen molar-refractivity contribution in [3.05, 3.63) is 69.7 Å². The molecule has 0 bridgehead atoms. The lowest BCUT2D eigenvalue weighted by Crippen LogP contribution is -2.85. The second-order valence-electron chi connectivity index (χ2n) is 7.07. The molecule has 1 aromatic heterocycles. The summed E-state index contributed by atoms with van der Waals surface area (Å²) < 4.78 is 1.67. The van der Waals surface area contributed by atoms with Crippen LogP contribution < -0.4 is 10.9 Å². The van der Waals surface area contributed by atoms with E-state index in [1.807, 2.05) is 42.5 Å². The molecule has 0 radical (unpaired) electrons. The molecule has 4 nitrogen and oxygen atoms in total. The van der Waals surface area contributed by atoms with Gasteiger partial charge < -0.3 is 5.32 Å². The Morgan fingerprint density at radius 1 is 1.08 bits per heavy atom. The molecule has 2 aromatic carbocycles. The lowest BCUT2D eigenvalue weighted by Gasteiger charge is -2.18. The van der Waals surface area contributed by atoms with Crippen LogP contribution in [-0.4, -0.2) is 16.1 Å². The number of benzene rings is 2. The summed E-state index contributed by atoms with van der Waals surface area (Å²) in [7, 11) is 0. The standard InChI is InChI=1S/C21H24ClN3O/c1-14(2)12-13-23-15(3)20-24-18-10-6-4-8-16(18)21(26)25(20)19-11-7-5-9-17(19)22/h4-11,14-15,23H,12-13H2,1-3H3/p+1/t15-/m0/s1. The fraction of sp³-hybridized carbons (Fsp3) is 0.333. The zero-order valence-electron chi connectivity index (χ0n) is 15.4. The first kappa shape index (κ1) is 18.6. The molecule has 0 unspecified atom stereocenters. The van der Waals surface area contributed by atoms with Gasteiger partial charge in [-0.1, -0.05) is 49.7 Å². The lowest BCUT2D eigenvalue weighted by atomic mass is 10.1. The predicted molar refractivity (Wildman–Crippen MR) is 107 cm³/mol. The number of para-hydroxylation sites is 2. The molecular weight excluding hydrogens is 346 g/mol. The van der Waals surface area contributed by atoms with Gasteiger partial charge in [0.2, 0.25) is 0 Å². The van der Waals surface area contributed by atoms with Crippen molar-refractivity contribution in [3.63, 3.8) is 0 Å². The van der Waals surface area contributed by atoms with Crippen LogP contribution >= 0.6 is 11.6 Å². The highest BCUT2D eigenvalue weighted by Crippen LogP contribution is 2.22. The van der Waals surface area contributed by atoms with E-state index in [-0.39, 0.29) is 11.6 Å². The molecule has 1 heterocycles. The monoisotopic (exact) mass is 370 g/mol. The van der Waals surface area contributed by atoms with Crippen LogP contribution in [0, 0.1) is 5.92 Å². The third-order valence-corrected chi connectivity index (χ3v) is 4.89. The second-order valence-corrected chi connectivity index (χ2v) is 7.48. The first-order valence-corrected chi connectivity index (χ1v) is 9.46. The first-order valence-electron chi connectivity index (χ1n) is 9.09. The first-order chi connectivity index (χ1) is 12.5. The van der Waals surface area contributed by atoms with Gasteiger partial charge >= 0.3 is 0 Å². The van der Waals surface area contributed by atoms with E-state index in [9.17, 15) is 4.79 Å². The zero-order chi connectivity index (χ0) is 18.7. The Morgan fingerprint density at radius 2 is 1.77 bits per heavy atom. The van der Waals surface area contributed by atoms with E-state index in [0.717, 1.165) is 24.3 Å². The van der Waals surface area contributed by atoms with Crippen LogP contribution in [0.4, 0.5) is 0 Å². The van der Waals surface area contributed by atoms with Crippen molar-refractivity contribution in [3.8, 4) is 5.69 Å². The summed E-state index contributed by atoms with van der Waals surface area (Å²) in [5, 5.41) is 3.39. The highest BCUT2D eigenvalue weighted by atomic mass is 35.5. The fourth-order valence-electron chi connectivity index (χ4n) is 3.11. The van der Waals surface area contributed by atoms with Gasteiger partial charge in [0.15, 0.2) is 5.82 Å². The largest absolute Gasteiger partial charge is 0.338 e. The average Bonchev–Trinajstić information content (AvgIpc) is 2.62. The minimum Gasteiger partial charge on any atom is -0.338 e. The van der Waals surface area contributed by atoms with Crippen LogP contribution in [0.2, 0.25) is 5.02 Å². The molecular formula is C21H25ClN3O+. The number of nitrogens with zero attached hydrogens (tertiary/aromatic N) is 2. The molecule has 0 fully saturated rings. The highest BCUT2D eigenvalue weighted by molar-refractivity contribution is 6.32. The van der Waals surface area contributed by atoms with Crippen molar-refractivity contribution >= 4 is 22.5 Å². The third kappa shape index (κ3) is 3.81. The molecule has 136 valence electrons. The van der Waals surface area contributed by atoms with Crippen molar-refractivity contribution in [1.29, 1.82) is 0 Å². The molecule has 0 saturated carbocycles. The average molecular weight is 371 g/mol. The van der Waals surface area contributed by atoms with Gasteiger partial charge in [0.1, 0.15) is 6.04 Å². The van der Waals surface area contributed by atoms with E-state index in [4.69, 9.17) is 16.6 Å². The second kappa shape index (κ2) is 8.02. The summed E-state index contributed by atoms with van der Waals surface area (Å²) in [6.45, 7) is 7.51. The number of fused-ring (bicyclic) bond motifs is 1. The van der Waals surface area contributed by atoms with Gasteiger partial charge in [-0.2, -0.15) is 0 Å². The Kier molecular flexibility index (Phi) is 5.74. The molecule has 0 saturated heterocycles. The van der Waals surface area contributed by atoms with E-state index in [0.29, 0.717) is 22.0 Å². The minimum absolute atomic E-state index is 0.0438. The van der Waals surface area contributed by atoms with Crippen molar-refractivity contribution in [2.75, 3.05) is 6.54 Å². The van der Waals surface area contributed by atoms with E-state index in [2.05, 4.69) is 26.1 Å². The number of rotatable bonds is 6. The Morgan fingerprint density at radius 3 is 2.50 bits per heavy atom. The van der Waals surface area contributed by atoms with Gasteiger partial charge in [0.25, 0.3) is 5.56 Å². The summed E-state index contributed by atoms with van der Waals surface area (Å²) in [4.78, 5) is 18.1. The van der Waals surface area contributed by atoms with E-state index < -0.39 is 0 Å². The molecule has 3 rings (SSSR count). The van der Waals surface area contributed by atoms with Gasteiger partial charge in [0.05, 0.1) is 28.2 Å². The predicted octanol–water partition coefficient (Wildman–Crippen LogP) is 3.71. The topological polar surface area (TPSA) is 51.5 Å². The van der Waals surface area contributed by atoms with Gasteiger partial charge in [-0.15, -0.1) is 0 Å². The maximum Gasteiger partial charge on any atom is 0.266 e. The highest BCUT2D eigenvalue weighted by Gasteiger charge is 2.21. The van der Waals surface area contributed by atoms with Gasteiger partial charge in [-0.25, -0.2) is 4.98 Å². The van der Waals surface area contributed by atoms with Gasteiger partial charge in [-0.05, 0) is 43.5 Å². The maximum atomic E-state index is 13.2. The fourth-order valence-corrected chi connectivity index (χ4v) is 3.33. The third-order valence-electron chi connectivity index (χ3n) is 4.57. The SMILES string of the molecule is CC(C)CC[NH2+][C@@H](C)c1nc2ccccc2c(=O)n1-c1ccccc1Cl. The normalized spacial score (nSPS) is 12.7. The Bertz CT molecular complexity index is 965. The van der Waals surface area contributed by atoms with Crippen molar-refractivity contribution < 1.29 is 5.32 Å². The zero-order valence-corrected chi connectivity index (χ0v) is 16.2. The van der Waals surface area contributed by atoms with Gasteiger partial charge in [-0.3, -0.25) is 9.36 Å². The molecule has 0 spiro atoms. The van der Waals surface area contributed by atoms with Crippen LogP contribution in [0.3, 0.4) is 0 Å². The molecule has 0 aliphatic heterocycles. The number of halogens is 1. The molecule has 0 aliphatic carbocycles. The minimum atomic E-state index is -0.0807. The molecule has 0 aliphatic rings. The maximum absolute atomic E-state index is 13.2. The number of hydrogen-bond acceptors (Lipinski definition) is 2. The number of quaternary nitrogens is 1. The van der Waals surface area contributed by atoms with E-state index >= 15 is 0 Å². The number of hydrogen-bond donors (Lipinski definition) is 1. The smallest absolute Gasteiger partial charge is 0.266 e. The van der Waals surface area contributed by atoms with Crippen molar-refractivity contribution in [2.45, 2.75) is 33.2 Å². The molecule has 5 heteroatoms. The Balaban J connectivity index is 2.15.